The highest BCUT2D eigenvalue weighted by molar-refractivity contribution is 7.99. The first kappa shape index (κ1) is 20.7. The summed E-state index contributed by atoms with van der Waals surface area (Å²) >= 11 is 1.47. The quantitative estimate of drug-likeness (QED) is 0.663. The van der Waals surface area contributed by atoms with Crippen molar-refractivity contribution >= 4 is 23.4 Å². The number of hydrogen-bond acceptors (Lipinski definition) is 5. The van der Waals surface area contributed by atoms with Crippen LogP contribution < -0.4 is 4.90 Å². The third-order valence-electron chi connectivity index (χ3n) is 5.42. The Labute approximate surface area is 172 Å². The van der Waals surface area contributed by atoms with Crippen molar-refractivity contribution in [2.24, 2.45) is 13.0 Å². The van der Waals surface area contributed by atoms with Crippen LogP contribution >= 0.6 is 11.8 Å². The second-order valence-corrected chi connectivity index (χ2v) is 8.40. The fourth-order valence-electron chi connectivity index (χ4n) is 3.74. The number of piperidine rings is 1. The summed E-state index contributed by atoms with van der Waals surface area (Å²) < 4.78 is 1.98. The van der Waals surface area contributed by atoms with Crippen LogP contribution in [0.25, 0.3) is 11.4 Å². The van der Waals surface area contributed by atoms with Gasteiger partial charge in [0, 0.05) is 44.5 Å². The Morgan fingerprint density at radius 2 is 1.93 bits per heavy atom. The fourth-order valence-corrected chi connectivity index (χ4v) is 4.55. The summed E-state index contributed by atoms with van der Waals surface area (Å²) in [5.74, 6) is 2.04. The summed E-state index contributed by atoms with van der Waals surface area (Å²) in [5.41, 5.74) is 2.25. The van der Waals surface area contributed by atoms with Crippen LogP contribution in [-0.4, -0.2) is 57.5 Å². The first-order chi connectivity index (χ1) is 13.5. The Bertz CT molecular complexity index is 785. The normalized spacial score (nSPS) is 17.0. The van der Waals surface area contributed by atoms with Gasteiger partial charge in [0.15, 0.2) is 11.0 Å². The van der Waals surface area contributed by atoms with Crippen molar-refractivity contribution in [3.05, 3.63) is 24.3 Å². The lowest BCUT2D eigenvalue weighted by molar-refractivity contribution is -0.130. The summed E-state index contributed by atoms with van der Waals surface area (Å²) in [6, 6.07) is 8.44. The second kappa shape index (κ2) is 9.45. The number of thioether (sulfide) groups is 1. The van der Waals surface area contributed by atoms with E-state index < -0.39 is 0 Å². The molecule has 0 aliphatic carbocycles. The van der Waals surface area contributed by atoms with Crippen LogP contribution in [0.4, 0.5) is 5.69 Å². The van der Waals surface area contributed by atoms with Crippen molar-refractivity contribution in [3.63, 3.8) is 0 Å². The zero-order chi connectivity index (χ0) is 20.1. The molecule has 1 aliphatic heterocycles. The number of carbonyl (C=O) groups is 1. The Morgan fingerprint density at radius 3 is 2.57 bits per heavy atom. The lowest BCUT2D eigenvalue weighted by atomic mass is 10.0. The maximum atomic E-state index is 12.5. The molecule has 1 aromatic carbocycles. The molecule has 1 amide bonds. The van der Waals surface area contributed by atoms with Crippen LogP contribution in [0.1, 0.15) is 33.6 Å². The van der Waals surface area contributed by atoms with Crippen molar-refractivity contribution in [3.8, 4) is 11.4 Å². The number of benzene rings is 1. The first-order valence-electron chi connectivity index (χ1n) is 10.2. The van der Waals surface area contributed by atoms with Gasteiger partial charge < -0.3 is 14.4 Å². The summed E-state index contributed by atoms with van der Waals surface area (Å²) in [6.07, 6.45) is 2.33. The molecule has 2 aromatic rings. The molecule has 6 nitrogen and oxygen atoms in total. The molecule has 1 fully saturated rings. The number of carbonyl (C=O) groups excluding carboxylic acids is 1. The number of aromatic nitrogens is 3. The minimum atomic E-state index is 0.199. The molecule has 1 saturated heterocycles. The molecule has 7 heteroatoms. The van der Waals surface area contributed by atoms with E-state index in [1.54, 1.807) is 0 Å². The average Bonchev–Trinajstić information content (AvgIpc) is 3.08. The highest BCUT2D eigenvalue weighted by Crippen LogP contribution is 2.25. The molecule has 1 unspecified atom stereocenters. The second-order valence-electron chi connectivity index (χ2n) is 7.46. The Kier molecular flexibility index (Phi) is 6.99. The lowest BCUT2D eigenvalue weighted by Crippen LogP contribution is -2.40. The Morgan fingerprint density at radius 1 is 1.21 bits per heavy atom. The SMILES string of the molecule is CCN(CC)c1ccc(-c2nnc(SCC(=O)N3CCCC(C)C3)n2C)cc1. The van der Waals surface area contributed by atoms with E-state index in [-0.39, 0.29) is 5.91 Å². The fraction of sp³-hybridized carbons (Fsp3) is 0.571. The smallest absolute Gasteiger partial charge is 0.233 e. The van der Waals surface area contributed by atoms with Gasteiger partial charge in [-0.3, -0.25) is 4.79 Å². The lowest BCUT2D eigenvalue weighted by Gasteiger charge is -2.30. The summed E-state index contributed by atoms with van der Waals surface area (Å²) in [7, 11) is 1.96. The number of rotatable bonds is 7. The van der Waals surface area contributed by atoms with Gasteiger partial charge in [-0.2, -0.15) is 0 Å². The largest absolute Gasteiger partial charge is 0.372 e. The molecule has 0 radical (unpaired) electrons. The Hall–Kier alpha value is -2.02. The molecule has 1 atom stereocenters. The van der Waals surface area contributed by atoms with E-state index in [2.05, 4.69) is 60.1 Å². The molecule has 152 valence electrons. The van der Waals surface area contributed by atoms with Gasteiger partial charge in [0.2, 0.25) is 5.91 Å². The molecule has 1 aliphatic rings. The molecule has 0 N–H and O–H groups in total. The number of amides is 1. The van der Waals surface area contributed by atoms with Crippen molar-refractivity contribution < 1.29 is 4.79 Å². The zero-order valence-electron chi connectivity index (χ0n) is 17.4. The van der Waals surface area contributed by atoms with Crippen molar-refractivity contribution in [1.82, 2.24) is 19.7 Å². The standard InChI is InChI=1S/C21H31N5OS/c1-5-25(6-2)18-11-9-17(10-12-18)20-22-23-21(24(20)4)28-15-19(27)26-13-7-8-16(3)14-26/h9-12,16H,5-8,13-15H2,1-4H3. The predicted octanol–water partition coefficient (Wildman–Crippen LogP) is 3.68. The molecule has 0 bridgehead atoms. The van der Waals surface area contributed by atoms with Crippen LogP contribution in [0.15, 0.2) is 29.4 Å². The van der Waals surface area contributed by atoms with E-state index in [9.17, 15) is 4.79 Å². The van der Waals surface area contributed by atoms with Crippen molar-refractivity contribution in [2.45, 2.75) is 38.8 Å². The Balaban J connectivity index is 1.64. The molecule has 2 heterocycles. The summed E-state index contributed by atoms with van der Waals surface area (Å²) in [4.78, 5) is 16.8. The maximum Gasteiger partial charge on any atom is 0.233 e. The molecule has 3 rings (SSSR count). The average molecular weight is 402 g/mol. The molecule has 0 spiro atoms. The number of anilines is 1. The number of likely N-dealkylation sites (tertiary alicyclic amines) is 1. The van der Waals surface area contributed by atoms with Crippen LogP contribution in [0.5, 0.6) is 0 Å². The van der Waals surface area contributed by atoms with Crippen LogP contribution in [0, 0.1) is 5.92 Å². The predicted molar refractivity (Wildman–Crippen MR) is 116 cm³/mol. The van der Waals surface area contributed by atoms with E-state index in [1.165, 1.54) is 23.9 Å². The van der Waals surface area contributed by atoms with E-state index >= 15 is 0 Å². The highest BCUT2D eigenvalue weighted by atomic mass is 32.2. The van der Waals surface area contributed by atoms with E-state index in [0.29, 0.717) is 11.7 Å². The van der Waals surface area contributed by atoms with Crippen LogP contribution in [0.3, 0.4) is 0 Å². The van der Waals surface area contributed by atoms with Gasteiger partial charge in [0.1, 0.15) is 0 Å². The maximum absolute atomic E-state index is 12.5. The van der Waals surface area contributed by atoms with Crippen molar-refractivity contribution in [2.75, 3.05) is 36.8 Å². The number of nitrogens with zero attached hydrogens (tertiary/aromatic N) is 5. The first-order valence-corrected chi connectivity index (χ1v) is 11.2. The number of hydrogen-bond donors (Lipinski definition) is 0. The topological polar surface area (TPSA) is 54.3 Å². The van der Waals surface area contributed by atoms with Gasteiger partial charge in [0.05, 0.1) is 5.75 Å². The molecule has 1 aromatic heterocycles. The minimum Gasteiger partial charge on any atom is -0.372 e. The summed E-state index contributed by atoms with van der Waals surface area (Å²) in [5, 5.41) is 9.44. The van der Waals surface area contributed by atoms with Gasteiger partial charge in [-0.1, -0.05) is 18.7 Å². The highest BCUT2D eigenvalue weighted by Gasteiger charge is 2.22. The monoisotopic (exact) mass is 401 g/mol. The third kappa shape index (κ3) is 4.69. The minimum absolute atomic E-state index is 0.199. The van der Waals surface area contributed by atoms with Gasteiger partial charge in [-0.05, 0) is 56.9 Å². The van der Waals surface area contributed by atoms with Crippen LogP contribution in [-0.2, 0) is 11.8 Å². The van der Waals surface area contributed by atoms with Crippen LogP contribution in [0.2, 0.25) is 0 Å². The summed E-state index contributed by atoms with van der Waals surface area (Å²) in [6.45, 7) is 10.3. The van der Waals surface area contributed by atoms with Crippen molar-refractivity contribution in [1.29, 1.82) is 0 Å². The molecule has 28 heavy (non-hydrogen) atoms. The van der Waals surface area contributed by atoms with Gasteiger partial charge in [-0.25, -0.2) is 0 Å². The molecule has 0 saturated carbocycles. The molecular weight excluding hydrogens is 370 g/mol. The third-order valence-corrected chi connectivity index (χ3v) is 6.43. The van der Waals surface area contributed by atoms with E-state index in [0.717, 1.165) is 49.1 Å². The van der Waals surface area contributed by atoms with E-state index in [4.69, 9.17) is 0 Å². The van der Waals surface area contributed by atoms with Gasteiger partial charge in [0.25, 0.3) is 0 Å². The zero-order valence-corrected chi connectivity index (χ0v) is 18.2. The molecular formula is C21H31N5OS. The van der Waals surface area contributed by atoms with Gasteiger partial charge in [-0.15, -0.1) is 10.2 Å². The van der Waals surface area contributed by atoms with E-state index in [1.807, 2.05) is 16.5 Å². The van der Waals surface area contributed by atoms with Gasteiger partial charge >= 0.3 is 0 Å².